The molecule has 3 fully saturated rings. The number of amides is 1. The Bertz CT molecular complexity index is 688. The molecule has 2 saturated carbocycles. The second-order valence-corrected chi connectivity index (χ2v) is 9.32. The van der Waals surface area contributed by atoms with Crippen molar-refractivity contribution in [2.24, 2.45) is 13.0 Å². The van der Waals surface area contributed by atoms with Crippen LogP contribution in [0.2, 0.25) is 0 Å². The van der Waals surface area contributed by atoms with Crippen LogP contribution in [-0.4, -0.2) is 51.7 Å². The highest BCUT2D eigenvalue weighted by molar-refractivity contribution is 5.78. The Morgan fingerprint density at radius 1 is 1.32 bits per heavy atom. The molecule has 0 radical (unpaired) electrons. The van der Waals surface area contributed by atoms with Crippen molar-refractivity contribution in [1.29, 1.82) is 0 Å². The molecule has 6 heteroatoms. The zero-order valence-electron chi connectivity index (χ0n) is 17.7. The fourth-order valence-electron chi connectivity index (χ4n) is 5.07. The van der Waals surface area contributed by atoms with Crippen LogP contribution in [0.1, 0.15) is 70.9 Å². The van der Waals surface area contributed by atoms with Gasteiger partial charge in [0, 0.05) is 25.7 Å². The van der Waals surface area contributed by atoms with Crippen molar-refractivity contribution in [3.05, 3.63) is 18.2 Å². The minimum Gasteiger partial charge on any atom is -0.374 e. The molecule has 0 bridgehead atoms. The molecule has 1 unspecified atom stereocenters. The monoisotopic (exact) mass is 388 g/mol. The van der Waals surface area contributed by atoms with E-state index in [4.69, 9.17) is 4.74 Å². The summed E-state index contributed by atoms with van der Waals surface area (Å²) in [5.41, 5.74) is 1.15. The summed E-state index contributed by atoms with van der Waals surface area (Å²) >= 11 is 0. The first-order valence-corrected chi connectivity index (χ1v) is 11.1. The third-order valence-corrected chi connectivity index (χ3v) is 7.45. The third-order valence-electron chi connectivity index (χ3n) is 7.45. The molecule has 28 heavy (non-hydrogen) atoms. The van der Waals surface area contributed by atoms with Crippen molar-refractivity contribution in [3.8, 4) is 0 Å². The van der Waals surface area contributed by atoms with Gasteiger partial charge >= 0.3 is 0 Å². The topological polar surface area (TPSA) is 59.4 Å². The lowest BCUT2D eigenvalue weighted by Crippen LogP contribution is -2.64. The summed E-state index contributed by atoms with van der Waals surface area (Å²) in [4.78, 5) is 19.7. The lowest BCUT2D eigenvalue weighted by molar-refractivity contribution is -0.154. The summed E-state index contributed by atoms with van der Waals surface area (Å²) in [6.45, 7) is 7.41. The molecule has 1 spiro atoms. The summed E-state index contributed by atoms with van der Waals surface area (Å²) in [6, 6.07) is 0. The smallest absolute Gasteiger partial charge is 0.223 e. The maximum absolute atomic E-state index is 12.8. The second kappa shape index (κ2) is 7.79. The maximum Gasteiger partial charge on any atom is 0.223 e. The molecule has 1 aromatic heterocycles. The van der Waals surface area contributed by atoms with Crippen molar-refractivity contribution in [2.75, 3.05) is 19.7 Å². The number of carbonyl (C=O) groups is 1. The van der Waals surface area contributed by atoms with Gasteiger partial charge in [-0.15, -0.1) is 0 Å². The SMILES string of the molecule is CCC(CC)CN1CC(CC(=O)NC2(c3cncn3C)CC2)OCC12CCC2. The largest absolute Gasteiger partial charge is 0.374 e. The van der Waals surface area contributed by atoms with Gasteiger partial charge in [-0.2, -0.15) is 0 Å². The van der Waals surface area contributed by atoms with Gasteiger partial charge in [-0.25, -0.2) is 4.98 Å². The van der Waals surface area contributed by atoms with Crippen molar-refractivity contribution < 1.29 is 9.53 Å². The van der Waals surface area contributed by atoms with Crippen molar-refractivity contribution in [2.45, 2.75) is 82.4 Å². The predicted octanol–water partition coefficient (Wildman–Crippen LogP) is 2.98. The number of imidazole rings is 1. The van der Waals surface area contributed by atoms with Gasteiger partial charge in [0.25, 0.3) is 0 Å². The van der Waals surface area contributed by atoms with Gasteiger partial charge < -0.3 is 14.6 Å². The molecule has 1 aliphatic heterocycles. The van der Waals surface area contributed by atoms with Gasteiger partial charge in [0.1, 0.15) is 0 Å². The Labute approximate surface area is 169 Å². The van der Waals surface area contributed by atoms with Crippen LogP contribution in [0.5, 0.6) is 0 Å². The van der Waals surface area contributed by atoms with E-state index in [1.807, 2.05) is 17.8 Å². The predicted molar refractivity (Wildman–Crippen MR) is 109 cm³/mol. The van der Waals surface area contributed by atoms with Gasteiger partial charge in [0.05, 0.1) is 42.9 Å². The van der Waals surface area contributed by atoms with Crippen molar-refractivity contribution >= 4 is 5.91 Å². The molecular weight excluding hydrogens is 352 g/mol. The highest BCUT2D eigenvalue weighted by Crippen LogP contribution is 2.45. The number of ether oxygens (including phenoxy) is 1. The van der Waals surface area contributed by atoms with E-state index in [0.717, 1.165) is 44.1 Å². The van der Waals surface area contributed by atoms with E-state index in [-0.39, 0.29) is 23.1 Å². The number of aromatic nitrogens is 2. The minimum absolute atomic E-state index is 0.00271. The summed E-state index contributed by atoms with van der Waals surface area (Å²) < 4.78 is 8.23. The van der Waals surface area contributed by atoms with Gasteiger partial charge in [-0.3, -0.25) is 9.69 Å². The molecule has 1 saturated heterocycles. The normalized spacial score (nSPS) is 25.6. The molecular formula is C22H36N4O2. The van der Waals surface area contributed by atoms with E-state index < -0.39 is 0 Å². The molecule has 3 aliphatic rings. The van der Waals surface area contributed by atoms with Crippen LogP contribution in [0.3, 0.4) is 0 Å². The number of aryl methyl sites for hydroxylation is 1. The Kier molecular flexibility index (Phi) is 5.53. The fourth-order valence-corrected chi connectivity index (χ4v) is 5.07. The van der Waals surface area contributed by atoms with Gasteiger partial charge in [-0.05, 0) is 38.0 Å². The summed E-state index contributed by atoms with van der Waals surface area (Å²) in [5.74, 6) is 0.848. The standard InChI is InChI=1S/C22H36N4O2/c1-4-17(5-2)13-26-14-18(28-15-21(26)7-6-8-21)11-20(27)24-22(9-10-22)19-12-23-16-25(19)3/h12,16-18H,4-11,13-15H2,1-3H3,(H,24,27). The van der Waals surface area contributed by atoms with Crippen molar-refractivity contribution in [1.82, 2.24) is 19.8 Å². The molecule has 4 rings (SSSR count). The fraction of sp³-hybridized carbons (Fsp3) is 0.818. The highest BCUT2D eigenvalue weighted by atomic mass is 16.5. The number of morpholine rings is 1. The number of hydrogen-bond acceptors (Lipinski definition) is 4. The Morgan fingerprint density at radius 2 is 2.07 bits per heavy atom. The molecule has 2 heterocycles. The Hall–Kier alpha value is -1.40. The van der Waals surface area contributed by atoms with Crippen LogP contribution in [0, 0.1) is 5.92 Å². The first-order valence-electron chi connectivity index (χ1n) is 11.1. The highest BCUT2D eigenvalue weighted by Gasteiger charge is 2.49. The molecule has 156 valence electrons. The summed E-state index contributed by atoms with van der Waals surface area (Å²) in [5, 5.41) is 3.29. The van der Waals surface area contributed by atoms with Crippen LogP contribution in [0.25, 0.3) is 0 Å². The Morgan fingerprint density at radius 3 is 2.61 bits per heavy atom. The minimum atomic E-state index is -0.207. The van der Waals surface area contributed by atoms with Crippen molar-refractivity contribution in [3.63, 3.8) is 0 Å². The van der Waals surface area contributed by atoms with E-state index in [9.17, 15) is 4.79 Å². The lowest BCUT2D eigenvalue weighted by atomic mass is 9.74. The average Bonchev–Trinajstić information content (AvgIpc) is 3.28. The molecule has 0 aromatic carbocycles. The van der Waals surface area contributed by atoms with E-state index in [2.05, 4.69) is 29.0 Å². The molecule has 2 aliphatic carbocycles. The Balaban J connectivity index is 1.36. The first kappa shape index (κ1) is 19.9. The third kappa shape index (κ3) is 3.73. The lowest BCUT2D eigenvalue weighted by Gasteiger charge is -2.55. The van der Waals surface area contributed by atoms with E-state index in [0.29, 0.717) is 6.42 Å². The maximum atomic E-state index is 12.8. The molecule has 1 N–H and O–H groups in total. The summed E-state index contributed by atoms with van der Waals surface area (Å²) in [7, 11) is 1.99. The zero-order valence-corrected chi connectivity index (χ0v) is 17.7. The van der Waals surface area contributed by atoms with Crippen LogP contribution in [0.15, 0.2) is 12.5 Å². The van der Waals surface area contributed by atoms with Gasteiger partial charge in [0.2, 0.25) is 5.91 Å². The number of nitrogens with one attached hydrogen (secondary N) is 1. The van der Waals surface area contributed by atoms with Crippen LogP contribution in [-0.2, 0) is 22.1 Å². The van der Waals surface area contributed by atoms with Crippen LogP contribution >= 0.6 is 0 Å². The van der Waals surface area contributed by atoms with E-state index in [1.165, 1.54) is 32.1 Å². The first-order chi connectivity index (χ1) is 13.5. The van der Waals surface area contributed by atoms with Gasteiger partial charge in [0.15, 0.2) is 0 Å². The molecule has 1 amide bonds. The second-order valence-electron chi connectivity index (χ2n) is 9.32. The average molecular weight is 389 g/mol. The van der Waals surface area contributed by atoms with Crippen LogP contribution in [0.4, 0.5) is 0 Å². The van der Waals surface area contributed by atoms with Crippen LogP contribution < -0.4 is 5.32 Å². The van der Waals surface area contributed by atoms with E-state index >= 15 is 0 Å². The molecule has 1 atom stereocenters. The van der Waals surface area contributed by atoms with Gasteiger partial charge in [-0.1, -0.05) is 26.7 Å². The summed E-state index contributed by atoms with van der Waals surface area (Å²) in [6.07, 6.45) is 12.4. The molecule has 6 nitrogen and oxygen atoms in total. The number of carbonyl (C=O) groups excluding carboxylic acids is 1. The molecule has 1 aromatic rings. The number of rotatable bonds is 8. The van der Waals surface area contributed by atoms with E-state index in [1.54, 1.807) is 6.33 Å². The number of hydrogen-bond donors (Lipinski definition) is 1. The zero-order chi connectivity index (χ0) is 19.8. The number of nitrogens with zero attached hydrogens (tertiary/aromatic N) is 3. The quantitative estimate of drug-likeness (QED) is 0.744.